The van der Waals surface area contributed by atoms with E-state index in [0.717, 1.165) is 31.2 Å². The smallest absolute Gasteiger partial charge is 0.330 e. The molecule has 12 nitrogen and oxygen atoms in total. The number of nitrogens with one attached hydrogen (secondary N) is 3. The van der Waals surface area contributed by atoms with Gasteiger partial charge in [-0.1, -0.05) is 42.6 Å². The molecule has 1 aliphatic heterocycles. The van der Waals surface area contributed by atoms with Crippen LogP contribution in [0.1, 0.15) is 36.8 Å². The second kappa shape index (κ2) is 14.0. The Morgan fingerprint density at radius 3 is 2.68 bits per heavy atom. The average Bonchev–Trinajstić information content (AvgIpc) is 3.50. The van der Waals surface area contributed by atoms with Crippen LogP contribution >= 0.6 is 23.2 Å². The van der Waals surface area contributed by atoms with E-state index in [-0.39, 0.29) is 47.9 Å². The summed E-state index contributed by atoms with van der Waals surface area (Å²) in [4.78, 5) is 38.0. The number of allylic oxidation sites excluding steroid dienone is 2. The fourth-order valence-electron chi connectivity index (χ4n) is 4.67. The monoisotopic (exact) mass is 602 g/mol. The Morgan fingerprint density at radius 2 is 2.02 bits per heavy atom. The van der Waals surface area contributed by atoms with Crippen molar-refractivity contribution < 1.29 is 19.1 Å². The second-order valence-corrected chi connectivity index (χ2v) is 10.0. The second-order valence-electron chi connectivity index (χ2n) is 9.41. The minimum atomic E-state index is -0.356. The number of fused-ring (bicyclic) bond motifs is 1. The Balaban J connectivity index is 1.64. The van der Waals surface area contributed by atoms with Gasteiger partial charge in [0.2, 0.25) is 11.9 Å². The zero-order chi connectivity index (χ0) is 29.4. The van der Waals surface area contributed by atoms with E-state index in [9.17, 15) is 9.59 Å². The molecular weight excluding hydrogens is 571 g/mol. The Hall–Kier alpha value is -4.03. The first-order chi connectivity index (χ1) is 19.9. The number of methoxy groups -OCH3 is 2. The van der Waals surface area contributed by atoms with E-state index in [1.807, 2.05) is 0 Å². The molecule has 2 atom stereocenters. The maximum atomic E-state index is 13.8. The molecule has 2 aromatic heterocycles. The number of nitrogens with zero attached hydrogens (tertiary/aromatic N) is 5. The maximum Gasteiger partial charge on any atom is 0.330 e. The summed E-state index contributed by atoms with van der Waals surface area (Å²) in [6.07, 6.45) is 13.0. The van der Waals surface area contributed by atoms with Crippen molar-refractivity contribution in [2.75, 3.05) is 24.4 Å². The van der Waals surface area contributed by atoms with Gasteiger partial charge in [-0.05, 0) is 18.9 Å². The van der Waals surface area contributed by atoms with Gasteiger partial charge in [0.15, 0.2) is 0 Å². The summed E-state index contributed by atoms with van der Waals surface area (Å²) in [5.74, 6) is 1.19. The number of carbonyl (C=O) groups is 2. The highest BCUT2D eigenvalue weighted by Gasteiger charge is 2.33. The lowest BCUT2D eigenvalue weighted by Crippen LogP contribution is -2.48. The van der Waals surface area contributed by atoms with Crippen molar-refractivity contribution in [3.05, 3.63) is 76.7 Å². The fraction of sp³-hybridized carbons (Fsp3) is 0.370. The summed E-state index contributed by atoms with van der Waals surface area (Å²) < 4.78 is 10.5. The number of amides is 3. The van der Waals surface area contributed by atoms with Crippen molar-refractivity contribution >= 4 is 46.9 Å². The highest BCUT2D eigenvalue weighted by molar-refractivity contribution is 6.31. The van der Waals surface area contributed by atoms with Gasteiger partial charge in [-0.3, -0.25) is 19.7 Å². The van der Waals surface area contributed by atoms with Crippen LogP contribution in [-0.4, -0.2) is 63.3 Å². The van der Waals surface area contributed by atoms with E-state index in [1.54, 1.807) is 18.6 Å². The number of hydrogen-bond donors (Lipinski definition) is 3. The third-order valence-electron chi connectivity index (χ3n) is 6.74. The third kappa shape index (κ3) is 7.39. The van der Waals surface area contributed by atoms with Crippen LogP contribution in [0.2, 0.25) is 0 Å². The number of anilines is 2. The number of urea groups is 1. The normalized spacial score (nSPS) is 19.9. The van der Waals surface area contributed by atoms with Crippen molar-refractivity contribution in [3.63, 3.8) is 0 Å². The van der Waals surface area contributed by atoms with Crippen LogP contribution in [0.3, 0.4) is 0 Å². The number of aromatic amines is 1. The van der Waals surface area contributed by atoms with E-state index in [0.29, 0.717) is 23.1 Å². The predicted molar refractivity (Wildman–Crippen MR) is 156 cm³/mol. The Morgan fingerprint density at radius 1 is 1.24 bits per heavy atom. The lowest BCUT2D eigenvalue weighted by Gasteiger charge is -2.35. The Bertz CT molecular complexity index is 1340. The molecule has 3 heterocycles. The third-order valence-corrected chi connectivity index (χ3v) is 7.24. The summed E-state index contributed by atoms with van der Waals surface area (Å²) in [7, 11) is 2.91. The first kappa shape index (κ1) is 29.9. The molecule has 0 saturated heterocycles. The molecular formula is C27H32Cl2N8O4. The predicted octanol–water partition coefficient (Wildman–Crippen LogP) is 4.50. The first-order valence-corrected chi connectivity index (χ1v) is 13.8. The van der Waals surface area contributed by atoms with Gasteiger partial charge in [0, 0.05) is 53.4 Å². The van der Waals surface area contributed by atoms with Crippen LogP contribution in [-0.2, 0) is 27.4 Å². The van der Waals surface area contributed by atoms with E-state index < -0.39 is 0 Å². The van der Waals surface area contributed by atoms with Gasteiger partial charge in [-0.2, -0.15) is 10.1 Å². The van der Waals surface area contributed by atoms with Crippen LogP contribution in [0, 0.1) is 0 Å². The molecule has 218 valence electrons. The molecule has 3 N–H and O–H groups in total. The molecule has 4 rings (SSSR count). The molecule has 2 aliphatic rings. The molecule has 0 aromatic carbocycles. The summed E-state index contributed by atoms with van der Waals surface area (Å²) in [6, 6.07) is -0.509. The molecule has 0 radical (unpaired) electrons. The SMILES string of the molecule is C=CC(=O)N[C@H]1CCCC[C@H]1Nc1ncc2c(n1)N(Cc1cn[nH]c1)C(=O)N(/C=C(Cl)/C(=C\C(=C\Cl)OC)OC)C2. The lowest BCUT2D eigenvalue weighted by molar-refractivity contribution is -0.117. The number of carbonyl (C=O) groups excluding carboxylic acids is 2. The minimum Gasteiger partial charge on any atom is -0.496 e. The number of aromatic nitrogens is 4. The lowest BCUT2D eigenvalue weighted by atomic mass is 9.90. The summed E-state index contributed by atoms with van der Waals surface area (Å²) in [5, 5.41) is 13.3. The molecule has 1 aliphatic carbocycles. The van der Waals surface area contributed by atoms with Crippen molar-refractivity contribution in [3.8, 4) is 0 Å². The van der Waals surface area contributed by atoms with Gasteiger partial charge in [0.1, 0.15) is 17.3 Å². The highest BCUT2D eigenvalue weighted by atomic mass is 35.5. The minimum absolute atomic E-state index is 0.0659. The standard InChI is InChI=1S/C27H32Cl2N8O4/c1-4-24(38)33-21-7-5-6-8-22(21)34-26-30-13-18-15-36(16-20(29)23(41-3)9-19(10-28)40-2)27(39)37(25(18)35-26)14-17-11-31-32-12-17/h4,9-13,16,21-22H,1,5-8,14-15H2,2-3H3,(H,31,32)(H,33,38)(H,30,34,35)/b19-10-,20-16-,23-9+/t21-,22+/m0/s1. The van der Waals surface area contributed by atoms with Gasteiger partial charge in [-0.25, -0.2) is 9.78 Å². The van der Waals surface area contributed by atoms with Gasteiger partial charge in [0.05, 0.1) is 38.5 Å². The van der Waals surface area contributed by atoms with Gasteiger partial charge < -0.3 is 20.1 Å². The number of rotatable bonds is 11. The van der Waals surface area contributed by atoms with Crippen molar-refractivity contribution in [2.24, 2.45) is 0 Å². The van der Waals surface area contributed by atoms with Crippen LogP contribution in [0.5, 0.6) is 0 Å². The number of H-pyrrole nitrogens is 1. The summed E-state index contributed by atoms with van der Waals surface area (Å²) in [5.41, 5.74) is 2.73. The van der Waals surface area contributed by atoms with Crippen molar-refractivity contribution in [2.45, 2.75) is 50.9 Å². The van der Waals surface area contributed by atoms with E-state index in [1.165, 1.54) is 47.9 Å². The number of halogens is 2. The zero-order valence-electron chi connectivity index (χ0n) is 22.8. The zero-order valence-corrected chi connectivity index (χ0v) is 24.3. The molecule has 14 heteroatoms. The molecule has 41 heavy (non-hydrogen) atoms. The summed E-state index contributed by atoms with van der Waals surface area (Å²) >= 11 is 12.3. The summed E-state index contributed by atoms with van der Waals surface area (Å²) in [6.45, 7) is 3.93. The Labute approximate surface area is 248 Å². The van der Waals surface area contributed by atoms with Crippen molar-refractivity contribution in [1.82, 2.24) is 30.4 Å². The van der Waals surface area contributed by atoms with Gasteiger partial charge >= 0.3 is 6.03 Å². The fourth-order valence-corrected chi connectivity index (χ4v) is 5.07. The van der Waals surface area contributed by atoms with Crippen molar-refractivity contribution in [1.29, 1.82) is 0 Å². The molecule has 3 amide bonds. The molecule has 1 fully saturated rings. The molecule has 0 unspecified atom stereocenters. The molecule has 0 bridgehead atoms. The van der Waals surface area contributed by atoms with Gasteiger partial charge in [-0.15, -0.1) is 0 Å². The van der Waals surface area contributed by atoms with Crippen LogP contribution in [0.4, 0.5) is 16.6 Å². The Kier molecular flexibility index (Phi) is 10.3. The average molecular weight is 604 g/mol. The van der Waals surface area contributed by atoms with Gasteiger partial charge in [0.25, 0.3) is 0 Å². The molecule has 2 aromatic rings. The molecule has 1 saturated carbocycles. The van der Waals surface area contributed by atoms with E-state index in [4.69, 9.17) is 37.7 Å². The maximum absolute atomic E-state index is 13.8. The quantitative estimate of drug-likeness (QED) is 0.194. The molecule has 0 spiro atoms. The van der Waals surface area contributed by atoms with E-state index >= 15 is 0 Å². The van der Waals surface area contributed by atoms with Crippen LogP contribution < -0.4 is 15.5 Å². The topological polar surface area (TPSA) is 138 Å². The number of ether oxygens (including phenoxy) is 2. The first-order valence-electron chi connectivity index (χ1n) is 13.0. The largest absolute Gasteiger partial charge is 0.496 e. The van der Waals surface area contributed by atoms with Crippen LogP contribution in [0.15, 0.2) is 65.6 Å². The highest BCUT2D eigenvalue weighted by Crippen LogP contribution is 2.31. The number of hydrogen-bond acceptors (Lipinski definition) is 8. The van der Waals surface area contributed by atoms with Crippen LogP contribution in [0.25, 0.3) is 0 Å². The van der Waals surface area contributed by atoms with E-state index in [2.05, 4.69) is 32.4 Å².